The van der Waals surface area contributed by atoms with Crippen molar-refractivity contribution >= 4 is 39.8 Å². The third kappa shape index (κ3) is 3.68. The highest BCUT2D eigenvalue weighted by Crippen LogP contribution is 2.26. The minimum absolute atomic E-state index is 0.206. The van der Waals surface area contributed by atoms with Gasteiger partial charge in [-0.15, -0.1) is 0 Å². The molecule has 0 saturated heterocycles. The zero-order valence-corrected chi connectivity index (χ0v) is 15.8. The number of anilines is 2. The molecule has 0 aliphatic rings. The molecule has 0 bridgehead atoms. The fourth-order valence-corrected chi connectivity index (χ4v) is 3.37. The first-order valence-electron chi connectivity index (χ1n) is 8.89. The van der Waals surface area contributed by atoms with E-state index in [0.29, 0.717) is 28.4 Å². The minimum atomic E-state index is -0.206. The van der Waals surface area contributed by atoms with E-state index in [2.05, 4.69) is 10.3 Å². The fourth-order valence-electron chi connectivity index (χ4n) is 3.25. The van der Waals surface area contributed by atoms with E-state index in [-0.39, 0.29) is 5.91 Å². The van der Waals surface area contributed by atoms with Gasteiger partial charge in [-0.05, 0) is 59.7 Å². The van der Waals surface area contributed by atoms with Crippen LogP contribution < -0.4 is 11.1 Å². The molecule has 138 valence electrons. The molecule has 1 aromatic heterocycles. The van der Waals surface area contributed by atoms with Gasteiger partial charge in [-0.3, -0.25) is 9.78 Å². The number of nitrogens with one attached hydrogen (secondary N) is 1. The van der Waals surface area contributed by atoms with Gasteiger partial charge in [-0.1, -0.05) is 35.9 Å². The smallest absolute Gasteiger partial charge is 0.256 e. The molecule has 0 fully saturated rings. The van der Waals surface area contributed by atoms with E-state index in [0.717, 1.165) is 22.0 Å². The number of hydrogen-bond acceptors (Lipinski definition) is 3. The van der Waals surface area contributed by atoms with Gasteiger partial charge in [-0.25, -0.2) is 0 Å². The highest BCUT2D eigenvalue weighted by atomic mass is 35.5. The lowest BCUT2D eigenvalue weighted by Gasteiger charge is -2.14. The summed E-state index contributed by atoms with van der Waals surface area (Å²) in [5.74, 6) is -0.206. The maximum absolute atomic E-state index is 12.9. The van der Waals surface area contributed by atoms with Crippen molar-refractivity contribution < 1.29 is 4.79 Å². The van der Waals surface area contributed by atoms with Gasteiger partial charge in [0.25, 0.3) is 5.91 Å². The predicted molar refractivity (Wildman–Crippen MR) is 115 cm³/mol. The van der Waals surface area contributed by atoms with Crippen LogP contribution in [0.3, 0.4) is 0 Å². The van der Waals surface area contributed by atoms with Crippen molar-refractivity contribution in [2.24, 2.45) is 0 Å². The summed E-state index contributed by atoms with van der Waals surface area (Å²) in [5.41, 5.74) is 10.9. The molecular formula is C23H18ClN3O. The quantitative estimate of drug-likeness (QED) is 0.466. The van der Waals surface area contributed by atoms with Crippen molar-refractivity contribution in [1.29, 1.82) is 0 Å². The number of benzene rings is 3. The maximum atomic E-state index is 12.9. The van der Waals surface area contributed by atoms with Crippen LogP contribution in [0, 0.1) is 0 Å². The van der Waals surface area contributed by atoms with Crippen molar-refractivity contribution in [2.45, 2.75) is 6.42 Å². The number of carbonyl (C=O) groups excluding carboxylic acids is 1. The number of fused-ring (bicyclic) bond motifs is 1. The third-order valence-corrected chi connectivity index (χ3v) is 4.92. The van der Waals surface area contributed by atoms with E-state index >= 15 is 0 Å². The van der Waals surface area contributed by atoms with Crippen molar-refractivity contribution in [3.8, 4) is 0 Å². The number of carbonyl (C=O) groups is 1. The summed E-state index contributed by atoms with van der Waals surface area (Å²) in [6.07, 6.45) is 2.32. The molecule has 3 aromatic carbocycles. The monoisotopic (exact) mass is 387 g/mol. The summed E-state index contributed by atoms with van der Waals surface area (Å²) in [5, 5.41) is 4.58. The molecule has 0 saturated carbocycles. The fraction of sp³-hybridized carbons (Fsp3) is 0.0435. The number of aromatic nitrogens is 1. The van der Waals surface area contributed by atoms with E-state index in [9.17, 15) is 4.79 Å². The Hall–Kier alpha value is -3.37. The van der Waals surface area contributed by atoms with E-state index < -0.39 is 0 Å². The predicted octanol–water partition coefficient (Wildman–Crippen LogP) is 5.31. The second-order valence-electron chi connectivity index (χ2n) is 6.50. The molecule has 0 radical (unpaired) electrons. The molecule has 3 N–H and O–H groups in total. The van der Waals surface area contributed by atoms with Crippen molar-refractivity contribution in [3.63, 3.8) is 0 Å². The number of hydrogen-bond donors (Lipinski definition) is 2. The van der Waals surface area contributed by atoms with Crippen LogP contribution in [0.5, 0.6) is 0 Å². The van der Waals surface area contributed by atoms with Crippen LogP contribution in [-0.4, -0.2) is 10.9 Å². The van der Waals surface area contributed by atoms with Crippen molar-refractivity contribution in [2.75, 3.05) is 11.1 Å². The largest absolute Gasteiger partial charge is 0.398 e. The first-order chi connectivity index (χ1) is 13.6. The summed E-state index contributed by atoms with van der Waals surface area (Å²) >= 11 is 5.91. The highest BCUT2D eigenvalue weighted by molar-refractivity contribution is 6.30. The number of nitrogen functional groups attached to an aromatic ring is 1. The number of halogens is 1. The van der Waals surface area contributed by atoms with Crippen molar-refractivity contribution in [1.82, 2.24) is 4.98 Å². The van der Waals surface area contributed by atoms with E-state index in [1.54, 1.807) is 42.6 Å². The first kappa shape index (κ1) is 18.0. The number of nitrogens with two attached hydrogens (primary N) is 1. The number of rotatable bonds is 4. The van der Waals surface area contributed by atoms with E-state index in [1.165, 1.54) is 0 Å². The lowest BCUT2D eigenvalue weighted by atomic mass is 9.95. The van der Waals surface area contributed by atoms with E-state index in [4.69, 9.17) is 17.3 Å². The SMILES string of the molecule is Nc1cccc(C(=O)Nc2ccc(Cl)cc2)c1Cc1ccnc2ccccc12. The van der Waals surface area contributed by atoms with Gasteiger partial charge in [0, 0.05) is 40.0 Å². The number of nitrogens with zero attached hydrogens (tertiary/aromatic N) is 1. The van der Waals surface area contributed by atoms with Gasteiger partial charge >= 0.3 is 0 Å². The normalized spacial score (nSPS) is 10.8. The van der Waals surface area contributed by atoms with Gasteiger partial charge in [0.2, 0.25) is 0 Å². The molecule has 1 amide bonds. The lowest BCUT2D eigenvalue weighted by molar-refractivity contribution is 0.102. The molecular weight excluding hydrogens is 370 g/mol. The number of pyridine rings is 1. The second kappa shape index (κ2) is 7.71. The molecule has 0 aliphatic carbocycles. The molecule has 5 heteroatoms. The molecule has 0 unspecified atom stereocenters. The molecule has 0 spiro atoms. The average Bonchev–Trinajstić information content (AvgIpc) is 2.71. The molecule has 28 heavy (non-hydrogen) atoms. The Balaban J connectivity index is 1.69. The van der Waals surface area contributed by atoms with E-state index in [1.807, 2.05) is 36.4 Å². The van der Waals surface area contributed by atoms with Crippen LogP contribution in [0.1, 0.15) is 21.5 Å². The molecule has 0 atom stereocenters. The average molecular weight is 388 g/mol. The summed E-state index contributed by atoms with van der Waals surface area (Å²) in [4.78, 5) is 17.3. The van der Waals surface area contributed by atoms with Crippen LogP contribution in [0.25, 0.3) is 10.9 Å². The van der Waals surface area contributed by atoms with Crippen molar-refractivity contribution in [3.05, 3.63) is 101 Å². The van der Waals surface area contributed by atoms with Crippen LogP contribution in [0.2, 0.25) is 5.02 Å². The molecule has 0 aliphatic heterocycles. The Labute approximate surface area is 168 Å². The number of para-hydroxylation sites is 1. The van der Waals surface area contributed by atoms with Gasteiger partial charge in [-0.2, -0.15) is 0 Å². The van der Waals surface area contributed by atoms with Gasteiger partial charge in [0.1, 0.15) is 0 Å². The Kier molecular flexibility index (Phi) is 4.96. The molecule has 4 rings (SSSR count). The van der Waals surface area contributed by atoms with Crippen LogP contribution in [0.15, 0.2) is 79.0 Å². The Morgan fingerprint density at radius 2 is 1.75 bits per heavy atom. The zero-order chi connectivity index (χ0) is 19.5. The van der Waals surface area contributed by atoms with Gasteiger partial charge in [0.15, 0.2) is 0 Å². The molecule has 1 heterocycles. The van der Waals surface area contributed by atoms with Crippen LogP contribution in [0.4, 0.5) is 11.4 Å². The minimum Gasteiger partial charge on any atom is -0.398 e. The summed E-state index contributed by atoms with van der Waals surface area (Å²) in [6, 6.07) is 22.3. The summed E-state index contributed by atoms with van der Waals surface area (Å²) < 4.78 is 0. The Morgan fingerprint density at radius 3 is 2.57 bits per heavy atom. The van der Waals surface area contributed by atoms with Gasteiger partial charge in [0.05, 0.1) is 5.52 Å². The second-order valence-corrected chi connectivity index (χ2v) is 6.93. The summed E-state index contributed by atoms with van der Waals surface area (Å²) in [7, 11) is 0. The standard InChI is InChI=1S/C23H18ClN3O/c24-16-8-10-17(11-9-16)27-23(28)19-5-3-6-21(25)20(19)14-15-12-13-26-22-7-2-1-4-18(15)22/h1-13H,14,25H2,(H,27,28). The molecule has 4 nitrogen and oxygen atoms in total. The van der Waals surface area contributed by atoms with Crippen LogP contribution in [-0.2, 0) is 6.42 Å². The maximum Gasteiger partial charge on any atom is 0.256 e. The van der Waals surface area contributed by atoms with Crippen LogP contribution >= 0.6 is 11.6 Å². The van der Waals surface area contributed by atoms with Gasteiger partial charge < -0.3 is 11.1 Å². The molecule has 4 aromatic rings. The Morgan fingerprint density at radius 1 is 0.964 bits per heavy atom. The summed E-state index contributed by atoms with van der Waals surface area (Å²) in [6.45, 7) is 0. The first-order valence-corrected chi connectivity index (χ1v) is 9.26. The zero-order valence-electron chi connectivity index (χ0n) is 15.0. The Bertz CT molecular complexity index is 1150. The lowest BCUT2D eigenvalue weighted by Crippen LogP contribution is -2.15. The topological polar surface area (TPSA) is 68.0 Å². The third-order valence-electron chi connectivity index (χ3n) is 4.67. The number of amides is 1. The highest BCUT2D eigenvalue weighted by Gasteiger charge is 2.15.